The summed E-state index contributed by atoms with van der Waals surface area (Å²) in [6.45, 7) is 9.17. The SMILES string of the molecule is CC(C)SN(C)c1cc(C(=O)N[C@H](CCNCC#CC2CC2)COc2ccncc2)cc(NC[C@H]2C[C@@H]2C)n1. The molecule has 39 heavy (non-hydrogen) atoms. The largest absolute Gasteiger partial charge is 0.491 e. The molecule has 2 saturated carbocycles. The van der Waals surface area contributed by atoms with Crippen molar-refractivity contribution < 1.29 is 9.53 Å². The van der Waals surface area contributed by atoms with E-state index in [0.29, 0.717) is 42.2 Å². The van der Waals surface area contributed by atoms with Gasteiger partial charge in [0.25, 0.3) is 5.91 Å². The van der Waals surface area contributed by atoms with E-state index in [1.165, 1.54) is 19.3 Å². The highest BCUT2D eigenvalue weighted by atomic mass is 32.2. The predicted molar refractivity (Wildman–Crippen MR) is 160 cm³/mol. The molecule has 0 bridgehead atoms. The Balaban J connectivity index is 1.42. The van der Waals surface area contributed by atoms with Crippen molar-refractivity contribution in [1.29, 1.82) is 0 Å². The van der Waals surface area contributed by atoms with E-state index in [-0.39, 0.29) is 11.9 Å². The van der Waals surface area contributed by atoms with Gasteiger partial charge >= 0.3 is 0 Å². The molecule has 8 nitrogen and oxygen atoms in total. The first-order valence-electron chi connectivity index (χ1n) is 14.1. The molecule has 4 rings (SSSR count). The molecule has 9 heteroatoms. The lowest BCUT2D eigenvalue weighted by Gasteiger charge is -2.22. The van der Waals surface area contributed by atoms with Gasteiger partial charge in [-0.1, -0.05) is 32.6 Å². The number of anilines is 2. The topological polar surface area (TPSA) is 91.4 Å². The molecule has 2 aliphatic carbocycles. The molecular weight excluding hydrogens is 508 g/mol. The fraction of sp³-hybridized carbons (Fsp3) is 0.567. The van der Waals surface area contributed by atoms with Crippen LogP contribution in [0.4, 0.5) is 11.6 Å². The lowest BCUT2D eigenvalue weighted by molar-refractivity contribution is 0.0918. The molecule has 0 unspecified atom stereocenters. The van der Waals surface area contributed by atoms with E-state index in [1.807, 2.05) is 35.6 Å². The maximum atomic E-state index is 13.5. The Hall–Kier alpha value is -2.96. The second kappa shape index (κ2) is 14.4. The van der Waals surface area contributed by atoms with Crippen molar-refractivity contribution in [1.82, 2.24) is 20.6 Å². The standard InChI is InChI=1S/C30H42N6O2S/c1-21(2)39-36(4)29-18-24(17-28(35-29)33-19-25-16-22(25)3)30(37)34-26(20-38-27-10-14-32-15-11-27)9-13-31-12-5-6-23-7-8-23/h10-11,14-15,17-18,21-23,25-26,31H,7-9,12-13,16,19-20H2,1-4H3,(H,33,35)(H,34,37)/t22-,25+,26+/m0/s1. The van der Waals surface area contributed by atoms with Crippen molar-refractivity contribution in [2.24, 2.45) is 17.8 Å². The zero-order valence-corrected chi connectivity index (χ0v) is 24.4. The molecule has 0 aliphatic heterocycles. The fourth-order valence-corrected chi connectivity index (χ4v) is 4.97. The third-order valence-corrected chi connectivity index (χ3v) is 7.71. The van der Waals surface area contributed by atoms with E-state index in [4.69, 9.17) is 9.72 Å². The average molecular weight is 551 g/mol. The average Bonchev–Trinajstić information content (AvgIpc) is 3.86. The van der Waals surface area contributed by atoms with Gasteiger partial charge in [-0.15, -0.1) is 0 Å². The van der Waals surface area contributed by atoms with E-state index in [2.05, 4.69) is 53.5 Å². The first-order valence-corrected chi connectivity index (χ1v) is 14.9. The number of hydrogen-bond donors (Lipinski definition) is 3. The second-order valence-electron chi connectivity index (χ2n) is 10.8. The monoisotopic (exact) mass is 550 g/mol. The Bertz CT molecular complexity index is 1130. The summed E-state index contributed by atoms with van der Waals surface area (Å²) < 4.78 is 8.02. The van der Waals surface area contributed by atoms with Crippen LogP contribution in [0, 0.1) is 29.6 Å². The minimum atomic E-state index is -0.183. The third kappa shape index (κ3) is 10.3. The third-order valence-electron chi connectivity index (χ3n) is 6.79. The number of pyridine rings is 2. The molecule has 2 aromatic rings. The van der Waals surface area contributed by atoms with Gasteiger partial charge in [-0.3, -0.25) is 9.78 Å². The Kier molecular flexibility index (Phi) is 10.7. The molecule has 0 radical (unpaired) electrons. The summed E-state index contributed by atoms with van der Waals surface area (Å²) in [7, 11) is 1.99. The summed E-state index contributed by atoms with van der Waals surface area (Å²) in [4.78, 5) is 22.4. The van der Waals surface area contributed by atoms with Gasteiger partial charge in [0.15, 0.2) is 0 Å². The fourth-order valence-electron chi connectivity index (χ4n) is 4.14. The maximum absolute atomic E-state index is 13.5. The van der Waals surface area contributed by atoms with Crippen molar-refractivity contribution in [3.05, 3.63) is 42.2 Å². The summed E-state index contributed by atoms with van der Waals surface area (Å²) in [6, 6.07) is 7.17. The number of amides is 1. The van der Waals surface area contributed by atoms with Crippen LogP contribution in [0.15, 0.2) is 36.7 Å². The lowest BCUT2D eigenvalue weighted by atomic mass is 10.1. The van der Waals surface area contributed by atoms with Gasteiger partial charge in [0, 0.05) is 42.7 Å². The first kappa shape index (κ1) is 29.0. The molecule has 210 valence electrons. The van der Waals surface area contributed by atoms with E-state index >= 15 is 0 Å². The summed E-state index contributed by atoms with van der Waals surface area (Å²) >= 11 is 1.68. The second-order valence-corrected chi connectivity index (χ2v) is 12.5. The molecule has 3 atom stereocenters. The van der Waals surface area contributed by atoms with E-state index in [1.54, 1.807) is 24.3 Å². The number of aromatic nitrogens is 2. The molecular formula is C30H42N6O2S. The first-order chi connectivity index (χ1) is 18.9. The highest BCUT2D eigenvalue weighted by Gasteiger charge is 2.32. The molecule has 2 heterocycles. The number of nitrogens with zero attached hydrogens (tertiary/aromatic N) is 3. The van der Waals surface area contributed by atoms with Gasteiger partial charge in [-0.2, -0.15) is 0 Å². The zero-order valence-electron chi connectivity index (χ0n) is 23.6. The minimum absolute atomic E-state index is 0.138. The number of ether oxygens (including phenoxy) is 1. The number of carbonyl (C=O) groups is 1. The lowest BCUT2D eigenvalue weighted by Crippen LogP contribution is -2.41. The maximum Gasteiger partial charge on any atom is 0.251 e. The van der Waals surface area contributed by atoms with Crippen molar-refractivity contribution in [2.45, 2.75) is 57.7 Å². The van der Waals surface area contributed by atoms with Crippen LogP contribution < -0.4 is 25.0 Å². The number of nitrogens with one attached hydrogen (secondary N) is 3. The summed E-state index contributed by atoms with van der Waals surface area (Å²) in [5.74, 6) is 10.6. The van der Waals surface area contributed by atoms with Gasteiger partial charge in [0.2, 0.25) is 0 Å². The molecule has 2 fully saturated rings. The summed E-state index contributed by atoms with van der Waals surface area (Å²) in [5, 5.41) is 10.4. The van der Waals surface area contributed by atoms with Gasteiger partial charge < -0.3 is 25.0 Å². The van der Waals surface area contributed by atoms with Crippen molar-refractivity contribution in [3.8, 4) is 17.6 Å². The van der Waals surface area contributed by atoms with Crippen LogP contribution in [-0.4, -0.2) is 60.5 Å². The van der Waals surface area contributed by atoms with Crippen molar-refractivity contribution in [3.63, 3.8) is 0 Å². The molecule has 1 amide bonds. The molecule has 0 spiro atoms. The van der Waals surface area contributed by atoms with Crippen molar-refractivity contribution >= 4 is 29.5 Å². The summed E-state index contributed by atoms with van der Waals surface area (Å²) in [6.07, 6.45) is 7.81. The predicted octanol–water partition coefficient (Wildman–Crippen LogP) is 4.61. The Morgan fingerprint density at radius 3 is 2.72 bits per heavy atom. The van der Waals surface area contributed by atoms with Crippen LogP contribution in [0.3, 0.4) is 0 Å². The molecule has 0 aromatic carbocycles. The number of rotatable bonds is 15. The van der Waals surface area contributed by atoms with Gasteiger partial charge in [-0.25, -0.2) is 4.98 Å². The quantitative estimate of drug-likeness (QED) is 0.168. The van der Waals surface area contributed by atoms with Crippen LogP contribution in [0.25, 0.3) is 0 Å². The van der Waals surface area contributed by atoms with Crippen LogP contribution in [0.5, 0.6) is 5.75 Å². The van der Waals surface area contributed by atoms with Gasteiger partial charge in [0.1, 0.15) is 24.0 Å². The Labute approximate surface area is 237 Å². The molecule has 3 N–H and O–H groups in total. The van der Waals surface area contributed by atoms with Crippen LogP contribution in [-0.2, 0) is 0 Å². The highest BCUT2D eigenvalue weighted by molar-refractivity contribution is 8.01. The van der Waals surface area contributed by atoms with Crippen LogP contribution in [0.2, 0.25) is 0 Å². The zero-order chi connectivity index (χ0) is 27.6. The van der Waals surface area contributed by atoms with Crippen molar-refractivity contribution in [2.75, 3.05) is 42.9 Å². The van der Waals surface area contributed by atoms with E-state index < -0.39 is 0 Å². The van der Waals surface area contributed by atoms with Crippen LogP contribution in [0.1, 0.15) is 56.8 Å². The van der Waals surface area contributed by atoms with Crippen LogP contribution >= 0.6 is 11.9 Å². The highest BCUT2D eigenvalue weighted by Crippen LogP contribution is 2.37. The van der Waals surface area contributed by atoms with Gasteiger partial charge in [0.05, 0.1) is 12.6 Å². The van der Waals surface area contributed by atoms with E-state index in [9.17, 15) is 4.79 Å². The molecule has 2 aliphatic rings. The Morgan fingerprint density at radius 1 is 1.26 bits per heavy atom. The summed E-state index contributed by atoms with van der Waals surface area (Å²) in [5.41, 5.74) is 0.583. The normalized spacial score (nSPS) is 18.6. The minimum Gasteiger partial charge on any atom is -0.491 e. The Morgan fingerprint density at radius 2 is 2.03 bits per heavy atom. The number of carbonyl (C=O) groups excluding carboxylic acids is 1. The van der Waals surface area contributed by atoms with E-state index in [0.717, 1.165) is 36.4 Å². The number of hydrogen-bond acceptors (Lipinski definition) is 8. The molecule has 2 aromatic heterocycles. The smallest absolute Gasteiger partial charge is 0.251 e. The molecule has 0 saturated heterocycles. The van der Waals surface area contributed by atoms with Gasteiger partial charge in [-0.05, 0) is 80.3 Å².